The molecular formula is C28H31ClN4O6S. The molecule has 10 nitrogen and oxygen atoms in total. The third-order valence-electron chi connectivity index (χ3n) is 6.27. The summed E-state index contributed by atoms with van der Waals surface area (Å²) in [5.41, 5.74) is 1.47. The van der Waals surface area contributed by atoms with E-state index < -0.39 is 39.3 Å². The first-order valence-corrected chi connectivity index (χ1v) is 14.7. The van der Waals surface area contributed by atoms with Crippen LogP contribution in [0.1, 0.15) is 23.6 Å². The van der Waals surface area contributed by atoms with E-state index in [9.17, 15) is 28.1 Å². The molecule has 212 valence electrons. The zero-order chi connectivity index (χ0) is 29.4. The zero-order valence-corrected chi connectivity index (χ0v) is 24.0. The summed E-state index contributed by atoms with van der Waals surface area (Å²) in [6, 6.07) is 18.8. The molecule has 0 unspecified atom stereocenters. The molecule has 2 amide bonds. The van der Waals surface area contributed by atoms with Gasteiger partial charge in [-0.1, -0.05) is 66.2 Å². The minimum Gasteiger partial charge on any atom is -0.355 e. The van der Waals surface area contributed by atoms with Gasteiger partial charge < -0.3 is 10.2 Å². The Bertz CT molecular complexity index is 1480. The summed E-state index contributed by atoms with van der Waals surface area (Å²) in [4.78, 5) is 39.5. The van der Waals surface area contributed by atoms with Gasteiger partial charge >= 0.3 is 0 Å². The molecule has 0 aliphatic heterocycles. The average Bonchev–Trinajstić information content (AvgIpc) is 2.90. The molecule has 1 atom stereocenters. The second-order valence-corrected chi connectivity index (χ2v) is 11.5. The van der Waals surface area contributed by atoms with Crippen molar-refractivity contribution in [1.29, 1.82) is 0 Å². The fourth-order valence-corrected chi connectivity index (χ4v) is 5.33. The molecule has 0 radical (unpaired) electrons. The van der Waals surface area contributed by atoms with Crippen molar-refractivity contribution in [1.82, 2.24) is 10.2 Å². The Hall–Kier alpha value is -3.96. The highest BCUT2D eigenvalue weighted by atomic mass is 35.5. The van der Waals surface area contributed by atoms with Gasteiger partial charge in [0.2, 0.25) is 21.8 Å². The van der Waals surface area contributed by atoms with Crippen LogP contribution in [0.25, 0.3) is 0 Å². The number of rotatable bonds is 12. The topological polar surface area (TPSA) is 130 Å². The number of nitro groups is 1. The van der Waals surface area contributed by atoms with E-state index in [1.54, 1.807) is 38.1 Å². The van der Waals surface area contributed by atoms with Crippen LogP contribution in [0.15, 0.2) is 72.8 Å². The number of amides is 2. The summed E-state index contributed by atoms with van der Waals surface area (Å²) >= 11 is 6.41. The van der Waals surface area contributed by atoms with Gasteiger partial charge in [-0.25, -0.2) is 8.42 Å². The summed E-state index contributed by atoms with van der Waals surface area (Å²) in [6.45, 7) is 2.92. The van der Waals surface area contributed by atoms with E-state index >= 15 is 0 Å². The SMILES string of the molecule is CCNC(=O)[C@H](Cc1ccccc1)N(Cc1ccccc1Cl)C(=O)CN(c1cc([N+](=O)[O-])ccc1C)S(C)(=O)=O. The number of benzene rings is 3. The molecule has 3 rings (SSSR count). The van der Waals surface area contributed by atoms with E-state index in [2.05, 4.69) is 5.32 Å². The maximum atomic E-state index is 14.0. The van der Waals surface area contributed by atoms with Crippen LogP contribution < -0.4 is 9.62 Å². The molecule has 0 aliphatic carbocycles. The molecule has 0 aliphatic rings. The first-order valence-electron chi connectivity index (χ1n) is 12.5. The Labute approximate surface area is 238 Å². The van der Waals surface area contributed by atoms with Gasteiger partial charge in [0.05, 0.1) is 16.9 Å². The van der Waals surface area contributed by atoms with Gasteiger partial charge in [0, 0.05) is 36.7 Å². The molecule has 3 aromatic rings. The molecule has 0 heterocycles. The van der Waals surface area contributed by atoms with Crippen LogP contribution in [-0.2, 0) is 32.6 Å². The van der Waals surface area contributed by atoms with Crippen LogP contribution in [0.4, 0.5) is 11.4 Å². The van der Waals surface area contributed by atoms with Gasteiger partial charge in [0.15, 0.2) is 0 Å². The number of non-ortho nitro benzene ring substituents is 1. The normalized spacial score (nSPS) is 11.9. The molecule has 12 heteroatoms. The lowest BCUT2D eigenvalue weighted by atomic mass is 10.0. The number of likely N-dealkylation sites (N-methyl/N-ethyl adjacent to an activating group) is 1. The molecule has 0 saturated heterocycles. The Kier molecular flexibility index (Phi) is 10.2. The van der Waals surface area contributed by atoms with Crippen LogP contribution in [0.5, 0.6) is 0 Å². The van der Waals surface area contributed by atoms with E-state index in [0.29, 0.717) is 22.7 Å². The number of nitro benzene ring substituents is 1. The Balaban J connectivity index is 2.10. The van der Waals surface area contributed by atoms with Gasteiger partial charge in [-0.2, -0.15) is 0 Å². The van der Waals surface area contributed by atoms with Gasteiger partial charge in [-0.3, -0.25) is 24.0 Å². The second-order valence-electron chi connectivity index (χ2n) is 9.21. The highest BCUT2D eigenvalue weighted by Gasteiger charge is 2.33. The maximum absolute atomic E-state index is 14.0. The number of carbonyl (C=O) groups is 2. The van der Waals surface area contributed by atoms with Crippen LogP contribution in [0, 0.1) is 17.0 Å². The molecule has 0 bridgehead atoms. The number of carbonyl (C=O) groups excluding carboxylic acids is 2. The van der Waals surface area contributed by atoms with Gasteiger partial charge in [0.25, 0.3) is 5.69 Å². The quantitative estimate of drug-likeness (QED) is 0.251. The highest BCUT2D eigenvalue weighted by Crippen LogP contribution is 2.28. The molecule has 1 N–H and O–H groups in total. The number of hydrogen-bond acceptors (Lipinski definition) is 6. The lowest BCUT2D eigenvalue weighted by Gasteiger charge is -2.33. The number of aryl methyl sites for hydroxylation is 1. The Morgan fingerprint density at radius 1 is 1.05 bits per heavy atom. The van der Waals surface area contributed by atoms with Gasteiger partial charge in [-0.15, -0.1) is 0 Å². The molecule has 0 saturated carbocycles. The standard InChI is InChI=1S/C28H31ClN4O6S/c1-4-30-28(35)26(16-21-10-6-5-7-11-21)31(18-22-12-8-9-13-24(22)29)27(34)19-32(40(3,38)39)25-17-23(33(36)37)15-14-20(25)2/h5-15,17,26H,4,16,18-19H2,1-3H3,(H,30,35)/t26-/m0/s1. The maximum Gasteiger partial charge on any atom is 0.271 e. The monoisotopic (exact) mass is 586 g/mol. The van der Waals surface area contributed by atoms with E-state index in [0.717, 1.165) is 22.2 Å². The van der Waals surface area contributed by atoms with E-state index in [1.807, 2.05) is 30.3 Å². The predicted octanol–water partition coefficient (Wildman–Crippen LogP) is 4.10. The van der Waals surface area contributed by atoms with E-state index in [4.69, 9.17) is 11.6 Å². The largest absolute Gasteiger partial charge is 0.355 e. The lowest BCUT2D eigenvalue weighted by Crippen LogP contribution is -2.53. The third-order valence-corrected chi connectivity index (χ3v) is 7.77. The smallest absolute Gasteiger partial charge is 0.271 e. The van der Waals surface area contributed by atoms with Crippen LogP contribution in [0.2, 0.25) is 5.02 Å². The summed E-state index contributed by atoms with van der Waals surface area (Å²) in [5.74, 6) is -1.09. The van der Waals surface area contributed by atoms with Crippen LogP contribution in [0.3, 0.4) is 0 Å². The predicted molar refractivity (Wildman–Crippen MR) is 155 cm³/mol. The Morgan fingerprint density at radius 2 is 1.70 bits per heavy atom. The number of nitrogens with one attached hydrogen (secondary N) is 1. The molecule has 3 aromatic carbocycles. The van der Waals surface area contributed by atoms with E-state index in [-0.39, 0.29) is 24.3 Å². The fourth-order valence-electron chi connectivity index (χ4n) is 4.23. The highest BCUT2D eigenvalue weighted by molar-refractivity contribution is 7.92. The van der Waals surface area contributed by atoms with Crippen molar-refractivity contribution in [3.8, 4) is 0 Å². The third kappa shape index (κ3) is 7.80. The number of hydrogen-bond donors (Lipinski definition) is 1. The molecular weight excluding hydrogens is 556 g/mol. The Morgan fingerprint density at radius 3 is 2.30 bits per heavy atom. The zero-order valence-electron chi connectivity index (χ0n) is 22.4. The minimum absolute atomic E-state index is 0.000336. The van der Waals surface area contributed by atoms with E-state index in [1.165, 1.54) is 17.0 Å². The second kappa shape index (κ2) is 13.4. The first kappa shape index (κ1) is 30.6. The van der Waals surface area contributed by atoms with Crippen molar-refractivity contribution >= 4 is 44.8 Å². The fraction of sp³-hybridized carbons (Fsp3) is 0.286. The van der Waals surface area contributed by atoms with Crippen LogP contribution >= 0.6 is 11.6 Å². The van der Waals surface area contributed by atoms with Gasteiger partial charge in [-0.05, 0) is 36.6 Å². The van der Waals surface area contributed by atoms with Crippen LogP contribution in [-0.4, -0.2) is 55.4 Å². The molecule has 40 heavy (non-hydrogen) atoms. The lowest BCUT2D eigenvalue weighted by molar-refractivity contribution is -0.384. The molecule has 0 fully saturated rings. The first-order chi connectivity index (χ1) is 18.9. The average molecular weight is 587 g/mol. The minimum atomic E-state index is -4.07. The van der Waals surface area contributed by atoms with Crippen molar-refractivity contribution in [2.45, 2.75) is 32.9 Å². The summed E-state index contributed by atoms with van der Waals surface area (Å²) in [5, 5.41) is 14.6. The number of sulfonamides is 1. The molecule has 0 spiro atoms. The van der Waals surface area contributed by atoms with Crippen molar-refractivity contribution in [3.63, 3.8) is 0 Å². The summed E-state index contributed by atoms with van der Waals surface area (Å²) in [7, 11) is -4.07. The number of anilines is 1. The van der Waals surface area contributed by atoms with Crippen molar-refractivity contribution < 1.29 is 22.9 Å². The summed E-state index contributed by atoms with van der Waals surface area (Å²) < 4.78 is 26.7. The number of nitrogens with zero attached hydrogens (tertiary/aromatic N) is 3. The van der Waals surface area contributed by atoms with Gasteiger partial charge in [0.1, 0.15) is 12.6 Å². The van der Waals surface area contributed by atoms with Crippen molar-refractivity contribution in [2.24, 2.45) is 0 Å². The number of halogens is 1. The molecule has 0 aromatic heterocycles. The summed E-state index contributed by atoms with van der Waals surface area (Å²) in [6.07, 6.45) is 1.08. The van der Waals surface area contributed by atoms with Crippen molar-refractivity contribution in [3.05, 3.63) is 105 Å². The van der Waals surface area contributed by atoms with Crippen molar-refractivity contribution in [2.75, 3.05) is 23.7 Å².